The van der Waals surface area contributed by atoms with E-state index < -0.39 is 0 Å². The molecule has 2 amide bonds. The van der Waals surface area contributed by atoms with Gasteiger partial charge in [-0.05, 0) is 35.4 Å². The standard InChI is InChI=1S/C17H22N6O2S/c24-15(18-10-11-19-16(25)13-6-2-1-3-7-13)12-26-17-20-21-22-23(17)14-8-4-5-9-14/h1-3,6-7,14H,4-5,8-12H2,(H,18,24)(H,19,25). The zero-order chi connectivity index (χ0) is 18.2. The molecule has 0 spiro atoms. The number of tetrazole rings is 1. The Morgan fingerprint density at radius 2 is 1.85 bits per heavy atom. The van der Waals surface area contributed by atoms with Gasteiger partial charge in [0.1, 0.15) is 0 Å². The predicted octanol–water partition coefficient (Wildman–Crippen LogP) is 1.43. The van der Waals surface area contributed by atoms with E-state index in [0.717, 1.165) is 12.8 Å². The summed E-state index contributed by atoms with van der Waals surface area (Å²) >= 11 is 1.34. The van der Waals surface area contributed by atoms with Gasteiger partial charge in [-0.3, -0.25) is 9.59 Å². The number of carbonyl (C=O) groups excluding carboxylic acids is 2. The number of hydrogen-bond donors (Lipinski definition) is 2. The lowest BCUT2D eigenvalue weighted by Gasteiger charge is -2.11. The molecule has 138 valence electrons. The molecule has 1 aliphatic rings. The molecule has 1 saturated carbocycles. The molecule has 26 heavy (non-hydrogen) atoms. The first-order chi connectivity index (χ1) is 12.7. The second-order valence-electron chi connectivity index (χ2n) is 6.10. The average Bonchev–Trinajstić information content (AvgIpc) is 3.35. The van der Waals surface area contributed by atoms with Crippen molar-refractivity contribution in [1.82, 2.24) is 30.8 Å². The van der Waals surface area contributed by atoms with Crippen molar-refractivity contribution < 1.29 is 9.59 Å². The molecule has 1 aromatic carbocycles. The Bertz CT molecular complexity index is 730. The summed E-state index contributed by atoms with van der Waals surface area (Å²) in [5, 5.41) is 18.0. The summed E-state index contributed by atoms with van der Waals surface area (Å²) in [6.07, 6.45) is 4.57. The van der Waals surface area contributed by atoms with E-state index in [4.69, 9.17) is 0 Å². The van der Waals surface area contributed by atoms with Gasteiger partial charge in [-0.15, -0.1) is 5.10 Å². The normalized spacial score (nSPS) is 14.3. The van der Waals surface area contributed by atoms with Crippen molar-refractivity contribution in [1.29, 1.82) is 0 Å². The molecule has 0 radical (unpaired) electrons. The van der Waals surface area contributed by atoms with E-state index in [9.17, 15) is 9.59 Å². The van der Waals surface area contributed by atoms with E-state index in [-0.39, 0.29) is 17.6 Å². The largest absolute Gasteiger partial charge is 0.354 e. The maximum absolute atomic E-state index is 12.0. The fourth-order valence-corrected chi connectivity index (χ4v) is 3.68. The highest BCUT2D eigenvalue weighted by Gasteiger charge is 2.22. The minimum atomic E-state index is -0.148. The van der Waals surface area contributed by atoms with Crippen LogP contribution in [0, 0.1) is 0 Å². The highest BCUT2D eigenvalue weighted by atomic mass is 32.2. The number of nitrogens with one attached hydrogen (secondary N) is 2. The number of carbonyl (C=O) groups is 2. The topological polar surface area (TPSA) is 102 Å². The fraction of sp³-hybridized carbons (Fsp3) is 0.471. The summed E-state index contributed by atoms with van der Waals surface area (Å²) in [7, 11) is 0. The molecular weight excluding hydrogens is 352 g/mol. The lowest BCUT2D eigenvalue weighted by atomic mass is 10.2. The molecular formula is C17H22N6O2S. The van der Waals surface area contributed by atoms with Crippen LogP contribution in [0.5, 0.6) is 0 Å². The van der Waals surface area contributed by atoms with E-state index in [2.05, 4.69) is 26.2 Å². The van der Waals surface area contributed by atoms with Crippen molar-refractivity contribution >= 4 is 23.6 Å². The SMILES string of the molecule is O=C(CSc1nnnn1C1CCCC1)NCCNC(=O)c1ccccc1. The third-order valence-electron chi connectivity index (χ3n) is 4.23. The van der Waals surface area contributed by atoms with Crippen LogP contribution < -0.4 is 10.6 Å². The molecule has 0 unspecified atom stereocenters. The molecule has 2 aromatic rings. The summed E-state index contributed by atoms with van der Waals surface area (Å²) in [6.45, 7) is 0.759. The van der Waals surface area contributed by atoms with Gasteiger partial charge in [0.05, 0.1) is 11.8 Å². The molecule has 1 fully saturated rings. The molecule has 0 bridgehead atoms. The minimum Gasteiger partial charge on any atom is -0.354 e. The smallest absolute Gasteiger partial charge is 0.251 e. The molecule has 0 atom stereocenters. The Kier molecular flexibility index (Phi) is 6.59. The van der Waals surface area contributed by atoms with Gasteiger partial charge in [-0.25, -0.2) is 4.68 Å². The van der Waals surface area contributed by atoms with Crippen LogP contribution in [0.15, 0.2) is 35.5 Å². The number of aromatic nitrogens is 4. The number of thioether (sulfide) groups is 1. The van der Waals surface area contributed by atoms with Gasteiger partial charge in [0, 0.05) is 18.7 Å². The van der Waals surface area contributed by atoms with Crippen LogP contribution >= 0.6 is 11.8 Å². The molecule has 0 saturated heterocycles. The molecule has 3 rings (SSSR count). The minimum absolute atomic E-state index is 0.107. The number of hydrogen-bond acceptors (Lipinski definition) is 6. The second-order valence-corrected chi connectivity index (χ2v) is 7.05. The number of rotatable bonds is 8. The van der Waals surface area contributed by atoms with E-state index in [1.54, 1.807) is 12.1 Å². The van der Waals surface area contributed by atoms with Gasteiger partial charge in [0.25, 0.3) is 5.91 Å². The van der Waals surface area contributed by atoms with Crippen LogP contribution in [0.2, 0.25) is 0 Å². The zero-order valence-electron chi connectivity index (χ0n) is 14.4. The predicted molar refractivity (Wildman–Crippen MR) is 97.8 cm³/mol. The van der Waals surface area contributed by atoms with Gasteiger partial charge < -0.3 is 10.6 Å². The molecule has 0 aliphatic heterocycles. The summed E-state index contributed by atoms with van der Waals surface area (Å²) in [4.78, 5) is 23.8. The quantitative estimate of drug-likeness (QED) is 0.535. The van der Waals surface area contributed by atoms with Gasteiger partial charge >= 0.3 is 0 Å². The van der Waals surface area contributed by atoms with Crippen LogP contribution in [0.4, 0.5) is 0 Å². The maximum atomic E-state index is 12.0. The van der Waals surface area contributed by atoms with Crippen molar-refractivity contribution in [2.75, 3.05) is 18.8 Å². The zero-order valence-corrected chi connectivity index (χ0v) is 15.2. The first-order valence-corrected chi connectivity index (χ1v) is 9.73. The Labute approximate surface area is 156 Å². The van der Waals surface area contributed by atoms with Gasteiger partial charge in [-0.1, -0.05) is 42.8 Å². The van der Waals surface area contributed by atoms with Crippen LogP contribution in [0.25, 0.3) is 0 Å². The van der Waals surface area contributed by atoms with Crippen LogP contribution in [-0.2, 0) is 4.79 Å². The Morgan fingerprint density at radius 3 is 2.62 bits per heavy atom. The van der Waals surface area contributed by atoms with Crippen LogP contribution in [0.3, 0.4) is 0 Å². The lowest BCUT2D eigenvalue weighted by molar-refractivity contribution is -0.118. The van der Waals surface area contributed by atoms with Crippen molar-refractivity contribution in [2.24, 2.45) is 0 Å². The number of amides is 2. The molecule has 2 N–H and O–H groups in total. The first-order valence-electron chi connectivity index (χ1n) is 8.74. The van der Waals surface area contributed by atoms with Gasteiger partial charge in [0.15, 0.2) is 0 Å². The van der Waals surface area contributed by atoms with Gasteiger partial charge in [0.2, 0.25) is 11.1 Å². The van der Waals surface area contributed by atoms with Crippen LogP contribution in [-0.4, -0.2) is 50.9 Å². The highest BCUT2D eigenvalue weighted by molar-refractivity contribution is 7.99. The maximum Gasteiger partial charge on any atom is 0.251 e. The Balaban J connectivity index is 1.35. The fourth-order valence-electron chi connectivity index (χ4n) is 2.91. The number of benzene rings is 1. The van der Waals surface area contributed by atoms with Crippen molar-refractivity contribution in [2.45, 2.75) is 36.9 Å². The molecule has 1 heterocycles. The van der Waals surface area contributed by atoms with E-state index in [1.807, 2.05) is 22.9 Å². The first kappa shape index (κ1) is 18.4. The molecule has 8 nitrogen and oxygen atoms in total. The second kappa shape index (κ2) is 9.33. The van der Waals surface area contributed by atoms with E-state index in [0.29, 0.717) is 29.9 Å². The highest BCUT2D eigenvalue weighted by Crippen LogP contribution is 2.31. The van der Waals surface area contributed by atoms with Crippen molar-refractivity contribution in [3.05, 3.63) is 35.9 Å². The number of nitrogens with zero attached hydrogens (tertiary/aromatic N) is 4. The lowest BCUT2D eigenvalue weighted by Crippen LogP contribution is -2.35. The summed E-state index contributed by atoms with van der Waals surface area (Å²) in [6, 6.07) is 9.33. The molecule has 9 heteroatoms. The van der Waals surface area contributed by atoms with Crippen molar-refractivity contribution in [3.8, 4) is 0 Å². The third-order valence-corrected chi connectivity index (χ3v) is 5.17. The van der Waals surface area contributed by atoms with Gasteiger partial charge in [-0.2, -0.15) is 0 Å². The third kappa shape index (κ3) is 5.04. The molecule has 1 aliphatic carbocycles. The van der Waals surface area contributed by atoms with E-state index >= 15 is 0 Å². The Hall–Kier alpha value is -2.42. The Morgan fingerprint density at radius 1 is 1.12 bits per heavy atom. The summed E-state index contributed by atoms with van der Waals surface area (Å²) in [5.74, 6) is -0.00500. The van der Waals surface area contributed by atoms with E-state index in [1.165, 1.54) is 24.6 Å². The average molecular weight is 374 g/mol. The monoisotopic (exact) mass is 374 g/mol. The summed E-state index contributed by atoms with van der Waals surface area (Å²) in [5.41, 5.74) is 0.605. The molecule has 1 aromatic heterocycles. The summed E-state index contributed by atoms with van der Waals surface area (Å²) < 4.78 is 1.84. The van der Waals surface area contributed by atoms with Crippen LogP contribution in [0.1, 0.15) is 42.1 Å². The van der Waals surface area contributed by atoms with Crippen molar-refractivity contribution in [3.63, 3.8) is 0 Å².